The number of hydrogen-bond acceptors (Lipinski definition) is 5. The lowest BCUT2D eigenvalue weighted by Gasteiger charge is -2.20. The van der Waals surface area contributed by atoms with Gasteiger partial charge < -0.3 is 9.15 Å². The molecule has 0 saturated heterocycles. The molecular weight excluding hydrogens is 376 g/mol. The molecular formula is C21H21N2O4S+. The summed E-state index contributed by atoms with van der Waals surface area (Å²) >= 11 is 1.75. The van der Waals surface area contributed by atoms with Crippen LogP contribution in [0.5, 0.6) is 0 Å². The average molecular weight is 397 g/mol. The third kappa shape index (κ3) is 2.85. The Labute approximate surface area is 166 Å². The van der Waals surface area contributed by atoms with Gasteiger partial charge in [-0.2, -0.15) is 0 Å². The largest absolute Gasteiger partial charge is 0.449 e. The Hall–Kier alpha value is -2.54. The molecule has 1 aromatic carbocycles. The average Bonchev–Trinajstić information content (AvgIpc) is 3.24. The van der Waals surface area contributed by atoms with Gasteiger partial charge in [0.2, 0.25) is 5.76 Å². The Bertz CT molecular complexity index is 1050. The first kappa shape index (κ1) is 17.6. The first-order valence-corrected chi connectivity index (χ1v) is 10.5. The van der Waals surface area contributed by atoms with E-state index in [9.17, 15) is 9.59 Å². The molecule has 28 heavy (non-hydrogen) atoms. The zero-order valence-corrected chi connectivity index (χ0v) is 16.4. The lowest BCUT2D eigenvalue weighted by atomic mass is 9.88. The number of furan rings is 1. The second kappa shape index (κ2) is 6.81. The summed E-state index contributed by atoms with van der Waals surface area (Å²) in [6.07, 6.45) is 4.42. The first-order valence-electron chi connectivity index (χ1n) is 9.59. The number of benzene rings is 1. The summed E-state index contributed by atoms with van der Waals surface area (Å²) in [5.74, 6) is 0.0808. The molecule has 0 bridgehead atoms. The van der Waals surface area contributed by atoms with E-state index in [1.165, 1.54) is 16.9 Å². The fourth-order valence-electron chi connectivity index (χ4n) is 4.26. The predicted octanol–water partition coefficient (Wildman–Crippen LogP) is 2.02. The Morgan fingerprint density at radius 3 is 3.00 bits per heavy atom. The number of fused-ring (bicyclic) bond motifs is 3. The molecule has 0 unspecified atom stereocenters. The molecule has 0 spiro atoms. The van der Waals surface area contributed by atoms with Crippen LogP contribution in [0.25, 0.3) is 11.0 Å². The first-order chi connectivity index (χ1) is 13.6. The van der Waals surface area contributed by atoms with Gasteiger partial charge in [-0.3, -0.25) is 4.99 Å². The van der Waals surface area contributed by atoms with Crippen molar-refractivity contribution in [2.45, 2.75) is 38.0 Å². The van der Waals surface area contributed by atoms with E-state index in [0.29, 0.717) is 11.4 Å². The maximum absolute atomic E-state index is 12.6. The number of para-hydroxylation sites is 1. The lowest BCUT2D eigenvalue weighted by molar-refractivity contribution is -0.485. The molecule has 2 aromatic rings. The number of nitrogens with one attached hydrogen (secondary N) is 2. The van der Waals surface area contributed by atoms with Gasteiger partial charge in [0.25, 0.3) is 5.84 Å². The number of rotatable bonds is 3. The number of aryl methyl sites for hydroxylation is 1. The highest BCUT2D eigenvalue weighted by Gasteiger charge is 2.47. The number of amides is 1. The van der Waals surface area contributed by atoms with Crippen LogP contribution in [-0.2, 0) is 9.53 Å². The van der Waals surface area contributed by atoms with E-state index < -0.39 is 5.97 Å². The second-order valence-corrected chi connectivity index (χ2v) is 8.65. The highest BCUT2D eigenvalue weighted by Crippen LogP contribution is 2.46. The molecule has 0 saturated carbocycles. The summed E-state index contributed by atoms with van der Waals surface area (Å²) in [6.45, 7) is 1.82. The van der Waals surface area contributed by atoms with Crippen molar-refractivity contribution in [1.29, 1.82) is 0 Å². The van der Waals surface area contributed by atoms with Crippen LogP contribution in [0.2, 0.25) is 0 Å². The lowest BCUT2D eigenvalue weighted by Crippen LogP contribution is -2.87. The summed E-state index contributed by atoms with van der Waals surface area (Å²) in [7, 11) is 0. The van der Waals surface area contributed by atoms with Crippen molar-refractivity contribution in [2.75, 3.05) is 6.61 Å². The van der Waals surface area contributed by atoms with Crippen LogP contribution in [0.4, 0.5) is 0 Å². The van der Waals surface area contributed by atoms with Crippen LogP contribution in [0.1, 0.15) is 41.8 Å². The second-order valence-electron chi connectivity index (χ2n) is 7.41. The highest BCUT2D eigenvalue weighted by molar-refractivity contribution is 8.03. The third-order valence-electron chi connectivity index (χ3n) is 5.66. The maximum Gasteiger partial charge on any atom is 0.375 e. The van der Waals surface area contributed by atoms with Crippen LogP contribution < -0.4 is 10.3 Å². The third-order valence-corrected chi connectivity index (χ3v) is 7.05. The van der Waals surface area contributed by atoms with Crippen molar-refractivity contribution in [3.05, 3.63) is 46.1 Å². The van der Waals surface area contributed by atoms with Crippen molar-refractivity contribution in [3.8, 4) is 0 Å². The van der Waals surface area contributed by atoms with E-state index in [1.807, 2.05) is 31.2 Å². The number of carbonyl (C=O) groups is 2. The van der Waals surface area contributed by atoms with Crippen molar-refractivity contribution in [3.63, 3.8) is 0 Å². The number of carbonyl (C=O) groups excluding carboxylic acids is 2. The van der Waals surface area contributed by atoms with E-state index in [1.54, 1.807) is 11.8 Å². The molecule has 2 atom stereocenters. The van der Waals surface area contributed by atoms with Crippen LogP contribution in [0, 0.1) is 12.8 Å². The van der Waals surface area contributed by atoms with Gasteiger partial charge in [-0.1, -0.05) is 30.0 Å². The maximum atomic E-state index is 12.6. The van der Waals surface area contributed by atoms with Crippen molar-refractivity contribution >= 4 is 40.4 Å². The number of amidine groups is 1. The molecule has 2 N–H and O–H groups in total. The highest BCUT2D eigenvalue weighted by atomic mass is 32.2. The minimum Gasteiger partial charge on any atom is -0.449 e. The SMILES string of the molecule is Cc1c(C(=O)OCC2=[NH+][C@H]3SC4=C(CCCC4)[C@@H]3C(=O)N2)oc2ccccc12. The van der Waals surface area contributed by atoms with E-state index in [0.717, 1.165) is 30.2 Å². The van der Waals surface area contributed by atoms with Gasteiger partial charge in [-0.25, -0.2) is 14.9 Å². The fourth-order valence-corrected chi connectivity index (χ4v) is 5.84. The van der Waals surface area contributed by atoms with Crippen LogP contribution in [-0.4, -0.2) is 29.7 Å². The molecule has 1 aromatic heterocycles. The van der Waals surface area contributed by atoms with Gasteiger partial charge in [0.1, 0.15) is 11.5 Å². The quantitative estimate of drug-likeness (QED) is 0.775. The Kier molecular flexibility index (Phi) is 4.27. The summed E-state index contributed by atoms with van der Waals surface area (Å²) in [5.41, 5.74) is 2.71. The van der Waals surface area contributed by atoms with Gasteiger partial charge in [0.15, 0.2) is 12.0 Å². The Morgan fingerprint density at radius 2 is 2.14 bits per heavy atom. The van der Waals surface area contributed by atoms with Gasteiger partial charge in [0, 0.05) is 10.9 Å². The Balaban J connectivity index is 1.30. The van der Waals surface area contributed by atoms with Crippen molar-refractivity contribution in [1.82, 2.24) is 5.32 Å². The van der Waals surface area contributed by atoms with Gasteiger partial charge in [-0.05, 0) is 49.2 Å². The Morgan fingerprint density at radius 1 is 1.32 bits per heavy atom. The minimum absolute atomic E-state index is 0.00140. The zero-order valence-electron chi connectivity index (χ0n) is 15.5. The number of ether oxygens (including phenoxy) is 1. The zero-order chi connectivity index (χ0) is 19.3. The van der Waals surface area contributed by atoms with Gasteiger partial charge in [0.05, 0.1) is 0 Å². The molecule has 5 rings (SSSR count). The fraction of sp³-hybridized carbons (Fsp3) is 0.381. The number of esters is 1. The molecule has 1 aliphatic carbocycles. The van der Waals surface area contributed by atoms with Gasteiger partial charge in [-0.15, -0.1) is 0 Å². The molecule has 144 valence electrons. The van der Waals surface area contributed by atoms with E-state index in [2.05, 4.69) is 10.3 Å². The van der Waals surface area contributed by atoms with Crippen LogP contribution in [0.15, 0.2) is 39.2 Å². The molecule has 6 nitrogen and oxygen atoms in total. The summed E-state index contributed by atoms with van der Waals surface area (Å²) in [4.78, 5) is 29.9. The van der Waals surface area contributed by atoms with Crippen molar-refractivity contribution < 1.29 is 23.7 Å². The molecule has 0 radical (unpaired) electrons. The number of thioether (sulfide) groups is 1. The van der Waals surface area contributed by atoms with E-state index >= 15 is 0 Å². The van der Waals surface area contributed by atoms with Crippen LogP contribution >= 0.6 is 11.8 Å². The standard InChI is InChI=1S/C21H20N2O4S/c1-11-12-6-2-4-8-14(12)27-18(11)21(25)26-10-16-22-19(24)17-13-7-3-5-9-15(13)28-20(17)23-16/h2,4,6,8,17,20H,3,5,7,9-10H2,1H3,(H,22,23,24)/p+1/t17-,20+/m1/s1. The molecule has 3 heterocycles. The van der Waals surface area contributed by atoms with Crippen LogP contribution in [0.3, 0.4) is 0 Å². The molecule has 1 amide bonds. The summed E-state index contributed by atoms with van der Waals surface area (Å²) < 4.78 is 11.1. The summed E-state index contributed by atoms with van der Waals surface area (Å²) in [5, 5.41) is 3.78. The normalized spacial score (nSPS) is 23.9. The smallest absolute Gasteiger partial charge is 0.375 e. The molecule has 3 aliphatic rings. The van der Waals surface area contributed by atoms with E-state index in [4.69, 9.17) is 9.15 Å². The summed E-state index contributed by atoms with van der Waals surface area (Å²) in [6, 6.07) is 7.50. The molecule has 0 fully saturated rings. The monoisotopic (exact) mass is 397 g/mol. The molecule has 2 aliphatic heterocycles. The number of allylic oxidation sites excluding steroid dienone is 1. The van der Waals surface area contributed by atoms with E-state index in [-0.39, 0.29) is 29.6 Å². The number of hydrogen-bond donors (Lipinski definition) is 2. The minimum atomic E-state index is -0.532. The predicted molar refractivity (Wildman–Crippen MR) is 106 cm³/mol. The topological polar surface area (TPSA) is 82.5 Å². The van der Waals surface area contributed by atoms with Gasteiger partial charge >= 0.3 is 11.9 Å². The van der Waals surface area contributed by atoms with Crippen molar-refractivity contribution in [2.24, 2.45) is 5.92 Å². The molecule has 7 heteroatoms.